The number of likely N-dealkylation sites (tertiary alicyclic amines) is 1. The van der Waals surface area contributed by atoms with E-state index in [4.69, 9.17) is 4.42 Å². The average molecular weight is 417 g/mol. The second-order valence-electron chi connectivity index (χ2n) is 6.76. The van der Waals surface area contributed by atoms with Crippen LogP contribution < -0.4 is 5.32 Å². The molecule has 29 heavy (non-hydrogen) atoms. The Labute approximate surface area is 169 Å². The zero-order valence-electron chi connectivity index (χ0n) is 15.2. The van der Waals surface area contributed by atoms with Crippen LogP contribution in [0.15, 0.2) is 46.6 Å². The van der Waals surface area contributed by atoms with Gasteiger partial charge in [0.1, 0.15) is 6.26 Å². The highest BCUT2D eigenvalue weighted by Gasteiger charge is 2.29. The number of rotatable bonds is 4. The molecule has 150 valence electrons. The van der Waals surface area contributed by atoms with Crippen molar-refractivity contribution in [3.8, 4) is 11.3 Å². The summed E-state index contributed by atoms with van der Waals surface area (Å²) in [6.07, 6.45) is 4.22. The Morgan fingerprint density at radius 3 is 2.86 bits per heavy atom. The van der Waals surface area contributed by atoms with Crippen LogP contribution >= 0.6 is 11.3 Å². The molecule has 0 spiro atoms. The van der Waals surface area contributed by atoms with Gasteiger partial charge in [0.15, 0.2) is 16.8 Å². The monoisotopic (exact) mass is 417 g/mol. The van der Waals surface area contributed by atoms with Crippen molar-refractivity contribution < 1.29 is 22.8 Å². The van der Waals surface area contributed by atoms with E-state index in [2.05, 4.69) is 10.3 Å². The minimum absolute atomic E-state index is 0.161. The second-order valence-corrected chi connectivity index (χ2v) is 7.62. The van der Waals surface area contributed by atoms with Crippen molar-refractivity contribution in [3.05, 3.63) is 59.4 Å². The van der Waals surface area contributed by atoms with E-state index in [9.17, 15) is 18.4 Å². The minimum atomic E-state index is -0.953. The molecule has 1 atom stereocenters. The Morgan fingerprint density at radius 2 is 2.10 bits per heavy atom. The first-order valence-electron chi connectivity index (χ1n) is 9.04. The summed E-state index contributed by atoms with van der Waals surface area (Å²) in [5.41, 5.74) is 1.34. The molecular weight excluding hydrogens is 400 g/mol. The third-order valence-corrected chi connectivity index (χ3v) is 5.55. The van der Waals surface area contributed by atoms with Gasteiger partial charge in [-0.05, 0) is 37.1 Å². The van der Waals surface area contributed by atoms with Crippen LogP contribution in [0.1, 0.15) is 23.2 Å². The highest BCUT2D eigenvalue weighted by atomic mass is 32.1. The lowest BCUT2D eigenvalue weighted by Gasteiger charge is -2.31. The molecule has 0 bridgehead atoms. The molecule has 1 aliphatic heterocycles. The van der Waals surface area contributed by atoms with Crippen LogP contribution in [-0.2, 0) is 4.79 Å². The molecule has 3 heterocycles. The maximum Gasteiger partial charge on any atom is 0.257 e. The van der Waals surface area contributed by atoms with Crippen LogP contribution in [0.2, 0.25) is 0 Å². The van der Waals surface area contributed by atoms with Gasteiger partial charge in [-0.1, -0.05) is 0 Å². The lowest BCUT2D eigenvalue weighted by atomic mass is 9.97. The predicted octanol–water partition coefficient (Wildman–Crippen LogP) is 4.17. The molecule has 0 unspecified atom stereocenters. The van der Waals surface area contributed by atoms with E-state index in [1.165, 1.54) is 29.9 Å². The van der Waals surface area contributed by atoms with E-state index >= 15 is 0 Å². The van der Waals surface area contributed by atoms with Crippen molar-refractivity contribution in [2.24, 2.45) is 5.92 Å². The van der Waals surface area contributed by atoms with Gasteiger partial charge in [-0.2, -0.15) is 0 Å². The number of nitrogens with one attached hydrogen (secondary N) is 1. The zero-order chi connectivity index (χ0) is 20.4. The van der Waals surface area contributed by atoms with Gasteiger partial charge in [0.2, 0.25) is 5.91 Å². The zero-order valence-corrected chi connectivity index (χ0v) is 16.0. The van der Waals surface area contributed by atoms with E-state index in [0.717, 1.165) is 18.6 Å². The van der Waals surface area contributed by atoms with Crippen molar-refractivity contribution in [2.45, 2.75) is 12.8 Å². The number of amides is 2. The number of nitrogens with zero attached hydrogens (tertiary/aromatic N) is 2. The molecule has 2 amide bonds. The molecule has 1 saturated heterocycles. The Kier molecular flexibility index (Phi) is 5.39. The predicted molar refractivity (Wildman–Crippen MR) is 103 cm³/mol. The van der Waals surface area contributed by atoms with E-state index in [-0.39, 0.29) is 17.7 Å². The van der Waals surface area contributed by atoms with Gasteiger partial charge in [-0.25, -0.2) is 13.8 Å². The van der Waals surface area contributed by atoms with E-state index in [1.54, 1.807) is 16.3 Å². The number of piperidine rings is 1. The third kappa shape index (κ3) is 4.19. The molecule has 0 aliphatic carbocycles. The van der Waals surface area contributed by atoms with Gasteiger partial charge in [0.25, 0.3) is 5.91 Å². The van der Waals surface area contributed by atoms with Gasteiger partial charge >= 0.3 is 0 Å². The highest BCUT2D eigenvalue weighted by molar-refractivity contribution is 7.14. The topological polar surface area (TPSA) is 75.4 Å². The summed E-state index contributed by atoms with van der Waals surface area (Å²) < 4.78 is 31.5. The number of carbonyl (C=O) groups is 2. The molecule has 9 heteroatoms. The van der Waals surface area contributed by atoms with Crippen molar-refractivity contribution in [2.75, 3.05) is 18.4 Å². The number of hydrogen-bond donors (Lipinski definition) is 1. The highest BCUT2D eigenvalue weighted by Crippen LogP contribution is 2.27. The maximum atomic E-state index is 13.4. The van der Waals surface area contributed by atoms with Crippen molar-refractivity contribution in [1.82, 2.24) is 9.88 Å². The number of halogens is 2. The number of carbonyl (C=O) groups excluding carboxylic acids is 2. The maximum absolute atomic E-state index is 13.4. The summed E-state index contributed by atoms with van der Waals surface area (Å²) in [7, 11) is 0. The molecule has 0 radical (unpaired) electrons. The summed E-state index contributed by atoms with van der Waals surface area (Å²) in [5.74, 6) is -2.61. The quantitative estimate of drug-likeness (QED) is 0.691. The van der Waals surface area contributed by atoms with Crippen LogP contribution in [0.4, 0.5) is 13.9 Å². The Hall–Kier alpha value is -3.07. The largest absolute Gasteiger partial charge is 0.472 e. The summed E-state index contributed by atoms with van der Waals surface area (Å²) >= 11 is 1.20. The van der Waals surface area contributed by atoms with Crippen LogP contribution in [0.5, 0.6) is 0 Å². The molecule has 3 aromatic rings. The Balaban J connectivity index is 1.41. The van der Waals surface area contributed by atoms with Gasteiger partial charge in [0.05, 0.1) is 23.4 Å². The smallest absolute Gasteiger partial charge is 0.257 e. The molecule has 4 rings (SSSR count). The number of hydrogen-bond acceptors (Lipinski definition) is 5. The first kappa shape index (κ1) is 19.3. The first-order chi connectivity index (χ1) is 14.0. The normalized spacial score (nSPS) is 16.6. The summed E-state index contributed by atoms with van der Waals surface area (Å²) in [5, 5.41) is 4.80. The minimum Gasteiger partial charge on any atom is -0.472 e. The molecule has 0 saturated carbocycles. The number of furan rings is 1. The lowest BCUT2D eigenvalue weighted by molar-refractivity contribution is -0.121. The van der Waals surface area contributed by atoms with Crippen molar-refractivity contribution in [3.63, 3.8) is 0 Å². The first-order valence-corrected chi connectivity index (χ1v) is 9.92. The molecule has 1 aromatic carbocycles. The molecule has 2 aromatic heterocycles. The second kappa shape index (κ2) is 8.12. The number of anilines is 1. The Bertz CT molecular complexity index is 1040. The van der Waals surface area contributed by atoms with Crippen LogP contribution in [0.3, 0.4) is 0 Å². The Morgan fingerprint density at radius 1 is 1.24 bits per heavy atom. The standard InChI is InChI=1S/C20H17F2N3O3S/c21-15-4-3-12(8-16(15)22)17-11-29-20(23-17)24-18(26)13-2-1-6-25(9-13)19(27)14-5-7-28-10-14/h3-5,7-8,10-11,13H,1-2,6,9H2,(H,23,24,26)/t13-/m1/s1. The summed E-state index contributed by atoms with van der Waals surface area (Å²) in [6, 6.07) is 5.13. The van der Waals surface area contributed by atoms with Crippen LogP contribution in [-0.4, -0.2) is 34.8 Å². The number of thiazole rings is 1. The summed E-state index contributed by atoms with van der Waals surface area (Å²) in [4.78, 5) is 31.1. The fraction of sp³-hybridized carbons (Fsp3) is 0.250. The molecule has 1 fully saturated rings. The molecule has 1 N–H and O–H groups in total. The lowest BCUT2D eigenvalue weighted by Crippen LogP contribution is -2.43. The van der Waals surface area contributed by atoms with E-state index < -0.39 is 11.6 Å². The van der Waals surface area contributed by atoms with Crippen molar-refractivity contribution >= 4 is 28.3 Å². The van der Waals surface area contributed by atoms with Crippen molar-refractivity contribution in [1.29, 1.82) is 0 Å². The van der Waals surface area contributed by atoms with E-state index in [0.29, 0.717) is 41.5 Å². The molecule has 6 nitrogen and oxygen atoms in total. The van der Waals surface area contributed by atoms with Gasteiger partial charge in [0, 0.05) is 24.0 Å². The van der Waals surface area contributed by atoms with Crippen LogP contribution in [0.25, 0.3) is 11.3 Å². The SMILES string of the molecule is O=C(Nc1nc(-c2ccc(F)c(F)c2)cs1)[C@@H]1CCCN(C(=O)c2ccoc2)C1. The fourth-order valence-electron chi connectivity index (χ4n) is 3.27. The van der Waals surface area contributed by atoms with Crippen LogP contribution in [0, 0.1) is 17.6 Å². The number of aromatic nitrogens is 1. The van der Waals surface area contributed by atoms with E-state index in [1.807, 2.05) is 0 Å². The number of benzene rings is 1. The summed E-state index contributed by atoms with van der Waals surface area (Å²) in [6.45, 7) is 0.905. The van der Waals surface area contributed by atoms with Gasteiger partial charge in [-0.15, -0.1) is 11.3 Å². The fourth-order valence-corrected chi connectivity index (χ4v) is 3.99. The average Bonchev–Trinajstić information content (AvgIpc) is 3.42. The molecular formula is C20H17F2N3O3S. The van der Waals surface area contributed by atoms with Gasteiger partial charge in [-0.3, -0.25) is 9.59 Å². The van der Waals surface area contributed by atoms with Gasteiger partial charge < -0.3 is 14.6 Å². The third-order valence-electron chi connectivity index (χ3n) is 4.80. The molecule has 1 aliphatic rings.